The minimum absolute atomic E-state index is 0.0111. The maximum atomic E-state index is 14.5. The van der Waals surface area contributed by atoms with Crippen molar-refractivity contribution in [2.45, 2.75) is 44.3 Å². The summed E-state index contributed by atoms with van der Waals surface area (Å²) in [6.07, 6.45) is 0. The number of benzene rings is 3. The van der Waals surface area contributed by atoms with Crippen molar-refractivity contribution in [2.75, 3.05) is 10.8 Å². The fraction of sp³-hybridized carbons (Fsp3) is 0.259. The van der Waals surface area contributed by atoms with Gasteiger partial charge in [-0.15, -0.1) is 0 Å². The van der Waals surface area contributed by atoms with E-state index in [2.05, 4.69) is 21.2 Å². The summed E-state index contributed by atoms with van der Waals surface area (Å²) in [6, 6.07) is 19.1. The highest BCUT2D eigenvalue weighted by molar-refractivity contribution is 9.10. The van der Waals surface area contributed by atoms with Crippen molar-refractivity contribution in [1.29, 1.82) is 0 Å². The van der Waals surface area contributed by atoms with E-state index in [9.17, 15) is 22.4 Å². The Morgan fingerprint density at radius 3 is 2.11 bits per heavy atom. The molecule has 0 radical (unpaired) electrons. The average Bonchev–Trinajstić information content (AvgIpc) is 2.87. The van der Waals surface area contributed by atoms with Crippen LogP contribution in [-0.2, 0) is 26.2 Å². The van der Waals surface area contributed by atoms with Gasteiger partial charge in [0.15, 0.2) is 0 Å². The lowest BCUT2D eigenvalue weighted by Gasteiger charge is -2.32. The zero-order valence-electron chi connectivity index (χ0n) is 20.8. The van der Waals surface area contributed by atoms with Gasteiger partial charge in [0.1, 0.15) is 18.4 Å². The second-order valence-corrected chi connectivity index (χ2v) is 11.5. The van der Waals surface area contributed by atoms with Crippen molar-refractivity contribution in [3.05, 3.63) is 94.7 Å². The zero-order chi connectivity index (χ0) is 27.2. The summed E-state index contributed by atoms with van der Waals surface area (Å²) in [5, 5.41) is 2.76. The van der Waals surface area contributed by atoms with E-state index in [1.54, 1.807) is 62.4 Å². The molecule has 0 aromatic heterocycles. The van der Waals surface area contributed by atoms with Gasteiger partial charge in [-0.1, -0.05) is 52.3 Å². The Kier molecular flexibility index (Phi) is 9.45. The maximum absolute atomic E-state index is 14.5. The van der Waals surface area contributed by atoms with E-state index in [0.717, 1.165) is 8.78 Å². The molecule has 10 heteroatoms. The van der Waals surface area contributed by atoms with Gasteiger partial charge in [0.05, 0.1) is 10.6 Å². The molecule has 37 heavy (non-hydrogen) atoms. The molecular weight excluding hydrogens is 561 g/mol. The first-order valence-electron chi connectivity index (χ1n) is 11.7. The number of hydrogen-bond donors (Lipinski definition) is 1. The fourth-order valence-electron chi connectivity index (χ4n) is 3.65. The second-order valence-electron chi connectivity index (χ2n) is 8.75. The number of carbonyl (C=O) groups excluding carboxylic acids is 2. The van der Waals surface area contributed by atoms with Crippen LogP contribution >= 0.6 is 15.9 Å². The van der Waals surface area contributed by atoms with E-state index in [4.69, 9.17) is 0 Å². The molecule has 196 valence electrons. The van der Waals surface area contributed by atoms with Crippen molar-refractivity contribution >= 4 is 43.5 Å². The Morgan fingerprint density at radius 1 is 0.919 bits per heavy atom. The molecule has 3 rings (SSSR count). The number of rotatable bonds is 10. The van der Waals surface area contributed by atoms with E-state index in [-0.39, 0.29) is 28.7 Å². The highest BCUT2D eigenvalue weighted by Gasteiger charge is 2.33. The molecule has 3 aromatic carbocycles. The van der Waals surface area contributed by atoms with Crippen LogP contribution in [-0.4, -0.2) is 43.8 Å². The minimum atomic E-state index is -4.15. The van der Waals surface area contributed by atoms with Crippen LogP contribution in [0.1, 0.15) is 26.3 Å². The van der Waals surface area contributed by atoms with E-state index >= 15 is 0 Å². The van der Waals surface area contributed by atoms with Crippen LogP contribution < -0.4 is 9.62 Å². The first-order valence-corrected chi connectivity index (χ1v) is 13.9. The molecule has 2 amide bonds. The van der Waals surface area contributed by atoms with Gasteiger partial charge in [0.2, 0.25) is 11.8 Å². The van der Waals surface area contributed by atoms with Gasteiger partial charge in [-0.25, -0.2) is 12.8 Å². The third kappa shape index (κ3) is 7.17. The molecule has 0 saturated heterocycles. The largest absolute Gasteiger partial charge is 0.352 e. The lowest BCUT2D eigenvalue weighted by Crippen LogP contribution is -2.52. The van der Waals surface area contributed by atoms with Crippen molar-refractivity contribution in [3.8, 4) is 0 Å². The minimum Gasteiger partial charge on any atom is -0.352 e. The molecule has 0 unspecified atom stereocenters. The highest BCUT2D eigenvalue weighted by Crippen LogP contribution is 2.26. The predicted octanol–water partition coefficient (Wildman–Crippen LogP) is 4.73. The smallest absolute Gasteiger partial charge is 0.264 e. The lowest BCUT2D eigenvalue weighted by atomic mass is 10.1. The SMILES string of the molecule is CC(C)NC(=O)[C@H](C)N(Cc1ccccc1F)C(=O)CN(c1ccc(Br)cc1)S(=O)(=O)c1ccccc1. The highest BCUT2D eigenvalue weighted by atomic mass is 79.9. The monoisotopic (exact) mass is 589 g/mol. The maximum Gasteiger partial charge on any atom is 0.264 e. The van der Waals surface area contributed by atoms with Gasteiger partial charge >= 0.3 is 0 Å². The van der Waals surface area contributed by atoms with Gasteiger partial charge in [-0.05, 0) is 63.2 Å². The Hall–Kier alpha value is -3.24. The first kappa shape index (κ1) is 28.3. The third-order valence-electron chi connectivity index (χ3n) is 5.62. The standard InChI is InChI=1S/C27H29BrFN3O4S/c1-19(2)30-27(34)20(3)31(17-21-9-7-8-12-25(21)29)26(33)18-32(23-15-13-22(28)14-16-23)37(35,36)24-10-5-4-6-11-24/h4-16,19-20H,17-18H2,1-3H3,(H,30,34)/t20-/m0/s1. The summed E-state index contributed by atoms with van der Waals surface area (Å²) in [5.74, 6) is -1.61. The number of amides is 2. The molecule has 0 aliphatic carbocycles. The summed E-state index contributed by atoms with van der Waals surface area (Å²) in [5.41, 5.74) is 0.478. The number of anilines is 1. The number of nitrogens with one attached hydrogen (secondary N) is 1. The Morgan fingerprint density at radius 2 is 1.51 bits per heavy atom. The number of sulfonamides is 1. The summed E-state index contributed by atoms with van der Waals surface area (Å²) in [6.45, 7) is 4.31. The summed E-state index contributed by atoms with van der Waals surface area (Å²) in [4.78, 5) is 27.8. The molecule has 0 aliphatic heterocycles. The van der Waals surface area contributed by atoms with Crippen LogP contribution in [0.3, 0.4) is 0 Å². The van der Waals surface area contributed by atoms with Crippen LogP contribution in [0.25, 0.3) is 0 Å². The third-order valence-corrected chi connectivity index (χ3v) is 7.94. The van der Waals surface area contributed by atoms with Gasteiger partial charge in [-0.3, -0.25) is 13.9 Å². The van der Waals surface area contributed by atoms with Gasteiger partial charge in [0.25, 0.3) is 10.0 Å². The van der Waals surface area contributed by atoms with Gasteiger partial charge in [-0.2, -0.15) is 0 Å². The molecular formula is C27H29BrFN3O4S. The van der Waals surface area contributed by atoms with E-state index < -0.39 is 40.2 Å². The first-order chi connectivity index (χ1) is 17.5. The molecule has 1 N–H and O–H groups in total. The molecule has 0 spiro atoms. The zero-order valence-corrected chi connectivity index (χ0v) is 23.2. The van der Waals surface area contributed by atoms with Crippen molar-refractivity contribution in [1.82, 2.24) is 10.2 Å². The fourth-order valence-corrected chi connectivity index (χ4v) is 5.35. The van der Waals surface area contributed by atoms with Crippen LogP contribution in [0.2, 0.25) is 0 Å². The van der Waals surface area contributed by atoms with Crippen LogP contribution in [0.4, 0.5) is 10.1 Å². The molecule has 0 saturated carbocycles. The number of halogens is 2. The molecule has 3 aromatic rings. The Labute approximate surface area is 225 Å². The molecule has 0 fully saturated rings. The molecule has 1 atom stereocenters. The summed E-state index contributed by atoms with van der Waals surface area (Å²) < 4.78 is 43.5. The van der Waals surface area contributed by atoms with Crippen molar-refractivity contribution in [2.24, 2.45) is 0 Å². The number of nitrogens with zero attached hydrogens (tertiary/aromatic N) is 2. The van der Waals surface area contributed by atoms with Gasteiger partial charge < -0.3 is 10.2 Å². The number of carbonyl (C=O) groups is 2. The number of hydrogen-bond acceptors (Lipinski definition) is 4. The topological polar surface area (TPSA) is 86.8 Å². The lowest BCUT2D eigenvalue weighted by molar-refractivity contribution is -0.139. The van der Waals surface area contributed by atoms with E-state index in [0.29, 0.717) is 0 Å². The predicted molar refractivity (Wildman–Crippen MR) is 145 cm³/mol. The average molecular weight is 591 g/mol. The van der Waals surface area contributed by atoms with Gasteiger partial charge in [0, 0.05) is 22.6 Å². The Balaban J connectivity index is 2.02. The van der Waals surface area contributed by atoms with Crippen molar-refractivity contribution in [3.63, 3.8) is 0 Å². The second kappa shape index (κ2) is 12.3. The molecule has 0 aliphatic rings. The summed E-state index contributed by atoms with van der Waals surface area (Å²) >= 11 is 3.34. The summed E-state index contributed by atoms with van der Waals surface area (Å²) in [7, 11) is -4.15. The molecule has 0 bridgehead atoms. The van der Waals surface area contributed by atoms with Crippen molar-refractivity contribution < 1.29 is 22.4 Å². The molecule has 0 heterocycles. The van der Waals surface area contributed by atoms with Crippen LogP contribution in [0, 0.1) is 5.82 Å². The Bertz CT molecular complexity index is 1340. The quantitative estimate of drug-likeness (QED) is 0.370. The van der Waals surface area contributed by atoms with Crippen LogP contribution in [0.5, 0.6) is 0 Å². The molecule has 7 nitrogen and oxygen atoms in total. The van der Waals surface area contributed by atoms with E-state index in [1.807, 2.05) is 0 Å². The van der Waals surface area contributed by atoms with Crippen LogP contribution in [0.15, 0.2) is 88.2 Å². The normalized spacial score (nSPS) is 12.2. The van der Waals surface area contributed by atoms with E-state index in [1.165, 1.54) is 42.2 Å².